The molecule has 1 aromatic carbocycles. The standard InChI is InChI=1S/C13H18N2O2S/c1-4-10(3)14-17-9-12-11(5-2)7-6-8-13(12)15-18-16/h6-8H,4-5,9H2,1-3H3. The molecule has 0 aromatic heterocycles. The predicted octanol–water partition coefficient (Wildman–Crippen LogP) is 3.58. The highest BCUT2D eigenvalue weighted by atomic mass is 32.1. The van der Waals surface area contributed by atoms with E-state index in [0.29, 0.717) is 12.3 Å². The Morgan fingerprint density at radius 1 is 1.39 bits per heavy atom. The minimum atomic E-state index is 0.216. The van der Waals surface area contributed by atoms with Gasteiger partial charge in [-0.2, -0.15) is 8.57 Å². The summed E-state index contributed by atoms with van der Waals surface area (Å²) in [6, 6.07) is 5.74. The van der Waals surface area contributed by atoms with Crippen molar-refractivity contribution in [2.75, 3.05) is 0 Å². The van der Waals surface area contributed by atoms with Gasteiger partial charge in [-0.05, 0) is 31.4 Å². The molecule has 0 bridgehead atoms. The maximum absolute atomic E-state index is 10.6. The molecule has 0 radical (unpaired) electrons. The average molecular weight is 266 g/mol. The summed E-state index contributed by atoms with van der Waals surface area (Å²) in [5.41, 5.74) is 3.70. The van der Waals surface area contributed by atoms with Crippen molar-refractivity contribution in [1.29, 1.82) is 0 Å². The van der Waals surface area contributed by atoms with E-state index in [2.05, 4.69) is 16.4 Å². The van der Waals surface area contributed by atoms with Gasteiger partial charge in [0.1, 0.15) is 6.61 Å². The van der Waals surface area contributed by atoms with E-state index in [4.69, 9.17) is 4.84 Å². The minimum Gasteiger partial charge on any atom is -0.391 e. The Hall–Kier alpha value is -1.49. The quantitative estimate of drug-likeness (QED) is 0.583. The fourth-order valence-electron chi connectivity index (χ4n) is 1.52. The van der Waals surface area contributed by atoms with Crippen LogP contribution in [0.2, 0.25) is 0 Å². The Morgan fingerprint density at radius 2 is 2.17 bits per heavy atom. The van der Waals surface area contributed by atoms with Crippen molar-refractivity contribution in [2.24, 2.45) is 9.52 Å². The van der Waals surface area contributed by atoms with Crippen LogP contribution >= 0.6 is 0 Å². The van der Waals surface area contributed by atoms with Crippen LogP contribution in [0.5, 0.6) is 0 Å². The number of hydrogen-bond acceptors (Lipinski definition) is 4. The first-order chi connectivity index (χ1) is 8.72. The molecule has 0 saturated carbocycles. The highest BCUT2D eigenvalue weighted by Crippen LogP contribution is 2.24. The van der Waals surface area contributed by atoms with Gasteiger partial charge in [-0.1, -0.05) is 31.1 Å². The lowest BCUT2D eigenvalue weighted by atomic mass is 10.0. The molecule has 18 heavy (non-hydrogen) atoms. The number of rotatable bonds is 6. The lowest BCUT2D eigenvalue weighted by Gasteiger charge is -2.09. The second-order valence-corrected chi connectivity index (χ2v) is 4.22. The first-order valence-electron chi connectivity index (χ1n) is 5.99. The largest absolute Gasteiger partial charge is 0.391 e. The number of aryl methyl sites for hydroxylation is 1. The molecule has 0 amide bonds. The highest BCUT2D eigenvalue weighted by molar-refractivity contribution is 7.54. The molecule has 0 aliphatic rings. The first-order valence-corrected chi connectivity index (χ1v) is 6.69. The van der Waals surface area contributed by atoms with Gasteiger partial charge in [0.2, 0.25) is 11.5 Å². The van der Waals surface area contributed by atoms with E-state index in [1.807, 2.05) is 32.0 Å². The molecule has 0 spiro atoms. The third-order valence-electron chi connectivity index (χ3n) is 2.71. The zero-order valence-corrected chi connectivity index (χ0v) is 11.8. The van der Waals surface area contributed by atoms with Gasteiger partial charge in [-0.15, -0.1) is 0 Å². The van der Waals surface area contributed by atoms with Gasteiger partial charge >= 0.3 is 0 Å². The zero-order valence-electron chi connectivity index (χ0n) is 11.0. The van der Waals surface area contributed by atoms with Gasteiger partial charge < -0.3 is 4.84 Å². The van der Waals surface area contributed by atoms with Crippen molar-refractivity contribution < 1.29 is 9.05 Å². The molecule has 0 unspecified atom stereocenters. The Balaban J connectivity index is 2.94. The highest BCUT2D eigenvalue weighted by Gasteiger charge is 2.07. The molecule has 0 heterocycles. The summed E-state index contributed by atoms with van der Waals surface area (Å²) >= 11 is 0.216. The summed E-state index contributed by atoms with van der Waals surface area (Å²) in [4.78, 5) is 5.32. The third kappa shape index (κ3) is 4.07. The van der Waals surface area contributed by atoms with Crippen LogP contribution in [0, 0.1) is 0 Å². The van der Waals surface area contributed by atoms with Gasteiger partial charge in [-0.25, -0.2) is 0 Å². The number of hydrogen-bond donors (Lipinski definition) is 0. The van der Waals surface area contributed by atoms with E-state index in [0.717, 1.165) is 29.7 Å². The third-order valence-corrected chi connectivity index (χ3v) is 2.98. The minimum absolute atomic E-state index is 0.216. The van der Waals surface area contributed by atoms with E-state index in [-0.39, 0.29) is 11.5 Å². The van der Waals surface area contributed by atoms with Gasteiger partial charge in [0.25, 0.3) is 0 Å². The molecular formula is C13H18N2O2S. The fraction of sp³-hybridized carbons (Fsp3) is 0.462. The number of benzene rings is 1. The van der Waals surface area contributed by atoms with Crippen LogP contribution < -0.4 is 0 Å². The van der Waals surface area contributed by atoms with E-state index in [1.165, 1.54) is 0 Å². The number of nitrogens with zero attached hydrogens (tertiary/aromatic N) is 2. The molecule has 0 N–H and O–H groups in total. The summed E-state index contributed by atoms with van der Waals surface area (Å²) < 4.78 is 14.4. The maximum atomic E-state index is 10.6. The van der Waals surface area contributed by atoms with E-state index >= 15 is 0 Å². The molecule has 0 aliphatic heterocycles. The van der Waals surface area contributed by atoms with Gasteiger partial charge in [0.05, 0.1) is 11.4 Å². The van der Waals surface area contributed by atoms with Crippen LogP contribution in [0.25, 0.3) is 0 Å². The normalized spacial score (nSPS) is 11.2. The van der Waals surface area contributed by atoms with E-state index < -0.39 is 0 Å². The fourth-order valence-corrected chi connectivity index (χ4v) is 1.77. The summed E-state index contributed by atoms with van der Waals surface area (Å²) in [6.45, 7) is 6.36. The summed E-state index contributed by atoms with van der Waals surface area (Å²) in [5.74, 6) is 0. The van der Waals surface area contributed by atoms with Crippen LogP contribution in [0.15, 0.2) is 27.7 Å². The van der Waals surface area contributed by atoms with Gasteiger partial charge in [-0.3, -0.25) is 0 Å². The van der Waals surface area contributed by atoms with Crippen LogP contribution in [0.4, 0.5) is 5.69 Å². The van der Waals surface area contributed by atoms with Crippen molar-refractivity contribution in [3.63, 3.8) is 0 Å². The molecule has 0 fully saturated rings. The monoisotopic (exact) mass is 266 g/mol. The van der Waals surface area contributed by atoms with Crippen LogP contribution in [-0.2, 0) is 29.3 Å². The van der Waals surface area contributed by atoms with Crippen molar-refractivity contribution in [3.05, 3.63) is 29.3 Å². The Morgan fingerprint density at radius 3 is 2.78 bits per heavy atom. The van der Waals surface area contributed by atoms with Crippen molar-refractivity contribution in [2.45, 2.75) is 40.2 Å². The maximum Gasteiger partial charge on any atom is 0.205 e. The lowest BCUT2D eigenvalue weighted by molar-refractivity contribution is 0.129. The Bertz CT molecular complexity index is 480. The molecular weight excluding hydrogens is 248 g/mol. The van der Waals surface area contributed by atoms with Crippen molar-refractivity contribution >= 4 is 22.9 Å². The van der Waals surface area contributed by atoms with Crippen LogP contribution in [0.1, 0.15) is 38.3 Å². The second-order valence-electron chi connectivity index (χ2n) is 3.89. The summed E-state index contributed by atoms with van der Waals surface area (Å²) in [7, 11) is 0. The lowest BCUT2D eigenvalue weighted by Crippen LogP contribution is -1.97. The van der Waals surface area contributed by atoms with Gasteiger partial charge in [0, 0.05) is 5.56 Å². The Labute approximate surface area is 111 Å². The molecule has 1 rings (SSSR count). The van der Waals surface area contributed by atoms with Crippen molar-refractivity contribution in [1.82, 2.24) is 0 Å². The molecule has 1 aromatic rings. The molecule has 0 atom stereocenters. The number of oxime groups is 1. The summed E-state index contributed by atoms with van der Waals surface area (Å²) in [6.07, 6.45) is 1.74. The first kappa shape index (κ1) is 14.6. The molecule has 4 nitrogen and oxygen atoms in total. The molecule has 98 valence electrons. The second kappa shape index (κ2) is 7.76. The van der Waals surface area contributed by atoms with E-state index in [1.54, 1.807) is 0 Å². The topological polar surface area (TPSA) is 51.0 Å². The summed E-state index contributed by atoms with van der Waals surface area (Å²) in [5, 5.41) is 4.00. The van der Waals surface area contributed by atoms with Crippen LogP contribution in [-0.4, -0.2) is 9.92 Å². The smallest absolute Gasteiger partial charge is 0.205 e. The molecule has 0 saturated heterocycles. The molecule has 5 heteroatoms. The SMILES string of the molecule is CCC(C)=NOCc1c(CC)cccc1N=S=O. The average Bonchev–Trinajstić information content (AvgIpc) is 2.40. The molecule has 0 aliphatic carbocycles. The van der Waals surface area contributed by atoms with E-state index in [9.17, 15) is 4.21 Å². The van der Waals surface area contributed by atoms with Crippen molar-refractivity contribution in [3.8, 4) is 0 Å². The van der Waals surface area contributed by atoms with Crippen LogP contribution in [0.3, 0.4) is 0 Å². The Kier molecular flexibility index (Phi) is 6.28. The zero-order chi connectivity index (χ0) is 13.4. The predicted molar refractivity (Wildman–Crippen MR) is 74.2 cm³/mol. The van der Waals surface area contributed by atoms with Gasteiger partial charge in [0.15, 0.2) is 0 Å².